The van der Waals surface area contributed by atoms with Crippen LogP contribution in [0.5, 0.6) is 0 Å². The standard InChI is InChI=1S/C23H18N2O3/c26-20-10-4-9-18-22(20)21-17-8-2-1-5-14(17)11-12-19(21)24-23(18)15-6-3-7-16(13-15)25(27)28/h1-3,5-8,11-13,23-24H,4,9-10H2. The number of benzene rings is 3. The summed E-state index contributed by atoms with van der Waals surface area (Å²) in [5, 5.41) is 17.0. The van der Waals surface area contributed by atoms with Gasteiger partial charge in [-0.05, 0) is 40.8 Å². The van der Waals surface area contributed by atoms with Crippen molar-refractivity contribution < 1.29 is 9.72 Å². The van der Waals surface area contributed by atoms with Gasteiger partial charge in [-0.1, -0.05) is 42.5 Å². The molecule has 5 nitrogen and oxygen atoms in total. The number of hydrogen-bond acceptors (Lipinski definition) is 4. The monoisotopic (exact) mass is 370 g/mol. The van der Waals surface area contributed by atoms with Gasteiger partial charge in [-0.3, -0.25) is 14.9 Å². The van der Waals surface area contributed by atoms with Crippen molar-refractivity contribution in [3.8, 4) is 0 Å². The van der Waals surface area contributed by atoms with Gasteiger partial charge < -0.3 is 5.32 Å². The summed E-state index contributed by atoms with van der Waals surface area (Å²) in [5.74, 6) is 0.163. The van der Waals surface area contributed by atoms with Crippen molar-refractivity contribution >= 4 is 33.5 Å². The van der Waals surface area contributed by atoms with Gasteiger partial charge in [-0.25, -0.2) is 0 Å². The quantitative estimate of drug-likeness (QED) is 0.483. The fourth-order valence-corrected chi connectivity index (χ4v) is 4.46. The van der Waals surface area contributed by atoms with Crippen LogP contribution in [0.2, 0.25) is 0 Å². The van der Waals surface area contributed by atoms with Gasteiger partial charge in [-0.2, -0.15) is 0 Å². The molecule has 0 amide bonds. The Labute approximate surface area is 161 Å². The molecular formula is C23H18N2O3. The lowest BCUT2D eigenvalue weighted by atomic mass is 9.77. The van der Waals surface area contributed by atoms with Gasteiger partial charge in [0.05, 0.1) is 11.0 Å². The number of nitrogens with zero attached hydrogens (tertiary/aromatic N) is 1. The van der Waals surface area contributed by atoms with Gasteiger partial charge in [-0.15, -0.1) is 0 Å². The number of fused-ring (bicyclic) bond motifs is 4. The molecule has 1 heterocycles. The van der Waals surface area contributed by atoms with Crippen LogP contribution >= 0.6 is 0 Å². The third kappa shape index (κ3) is 2.51. The van der Waals surface area contributed by atoms with Crippen LogP contribution in [0.1, 0.15) is 36.4 Å². The van der Waals surface area contributed by atoms with Gasteiger partial charge in [0, 0.05) is 35.4 Å². The van der Waals surface area contributed by atoms with E-state index in [0.717, 1.165) is 51.6 Å². The van der Waals surface area contributed by atoms with Gasteiger partial charge in [0.15, 0.2) is 5.78 Å². The predicted molar refractivity (Wildman–Crippen MR) is 109 cm³/mol. The minimum Gasteiger partial charge on any atom is -0.374 e. The van der Waals surface area contributed by atoms with E-state index < -0.39 is 0 Å². The number of non-ortho nitro benzene ring substituents is 1. The largest absolute Gasteiger partial charge is 0.374 e. The summed E-state index contributed by atoms with van der Waals surface area (Å²) in [7, 11) is 0. The maximum Gasteiger partial charge on any atom is 0.269 e. The molecule has 3 aromatic carbocycles. The second-order valence-electron chi connectivity index (χ2n) is 7.32. The molecule has 138 valence electrons. The number of carbonyl (C=O) groups is 1. The molecule has 0 saturated heterocycles. The number of allylic oxidation sites excluding steroid dienone is 1. The molecule has 2 aliphatic rings. The topological polar surface area (TPSA) is 72.2 Å². The summed E-state index contributed by atoms with van der Waals surface area (Å²) in [6.45, 7) is 0. The minimum absolute atomic E-state index is 0.0629. The SMILES string of the molecule is O=C1CCCC2=C1c1c(ccc3ccccc13)NC2c1cccc([N+](=O)[O-])c1. The molecule has 1 unspecified atom stereocenters. The van der Waals surface area contributed by atoms with E-state index in [1.807, 2.05) is 30.3 Å². The van der Waals surface area contributed by atoms with Crippen LogP contribution in [0.15, 0.2) is 66.2 Å². The van der Waals surface area contributed by atoms with Crippen LogP contribution in [0.3, 0.4) is 0 Å². The van der Waals surface area contributed by atoms with E-state index in [1.54, 1.807) is 12.1 Å². The van der Waals surface area contributed by atoms with Gasteiger partial charge in [0.2, 0.25) is 0 Å². The highest BCUT2D eigenvalue weighted by molar-refractivity contribution is 6.27. The van der Waals surface area contributed by atoms with E-state index in [0.29, 0.717) is 6.42 Å². The molecular weight excluding hydrogens is 352 g/mol. The summed E-state index contributed by atoms with van der Waals surface area (Å²) >= 11 is 0. The molecule has 0 fully saturated rings. The minimum atomic E-state index is -0.380. The third-order valence-corrected chi connectivity index (χ3v) is 5.69. The van der Waals surface area contributed by atoms with Crippen LogP contribution in [0.25, 0.3) is 16.3 Å². The Balaban J connectivity index is 1.76. The first-order valence-corrected chi connectivity index (χ1v) is 9.43. The summed E-state index contributed by atoms with van der Waals surface area (Å²) < 4.78 is 0. The van der Waals surface area contributed by atoms with Crippen molar-refractivity contribution in [1.82, 2.24) is 0 Å². The van der Waals surface area contributed by atoms with Crippen LogP contribution in [-0.2, 0) is 4.79 Å². The highest BCUT2D eigenvalue weighted by Gasteiger charge is 2.34. The maximum atomic E-state index is 13.0. The van der Waals surface area contributed by atoms with Gasteiger partial charge in [0.25, 0.3) is 5.69 Å². The van der Waals surface area contributed by atoms with E-state index in [2.05, 4.69) is 17.4 Å². The number of hydrogen-bond donors (Lipinski definition) is 1. The first-order valence-electron chi connectivity index (χ1n) is 9.43. The molecule has 0 spiro atoms. The Hall–Kier alpha value is -3.47. The van der Waals surface area contributed by atoms with Crippen molar-refractivity contribution in [3.05, 3.63) is 87.5 Å². The van der Waals surface area contributed by atoms with E-state index in [4.69, 9.17) is 0 Å². The van der Waals surface area contributed by atoms with Crippen molar-refractivity contribution in [1.29, 1.82) is 0 Å². The first kappa shape index (κ1) is 16.7. The second kappa shape index (κ2) is 6.30. The number of anilines is 1. The number of nitro groups is 1. The van der Waals surface area contributed by atoms with Crippen molar-refractivity contribution in [3.63, 3.8) is 0 Å². The number of rotatable bonds is 2. The Morgan fingerprint density at radius 2 is 1.86 bits per heavy atom. The molecule has 5 rings (SSSR count). The van der Waals surface area contributed by atoms with Crippen LogP contribution < -0.4 is 5.32 Å². The Morgan fingerprint density at radius 1 is 1.00 bits per heavy atom. The molecule has 0 bridgehead atoms. The Morgan fingerprint density at radius 3 is 2.71 bits per heavy atom. The number of carbonyl (C=O) groups excluding carboxylic acids is 1. The highest BCUT2D eigenvalue weighted by Crippen LogP contribution is 2.48. The normalized spacial score (nSPS) is 18.4. The van der Waals surface area contributed by atoms with E-state index >= 15 is 0 Å². The van der Waals surface area contributed by atoms with E-state index in [9.17, 15) is 14.9 Å². The smallest absolute Gasteiger partial charge is 0.269 e. The molecule has 1 atom stereocenters. The number of nitrogens with one attached hydrogen (secondary N) is 1. The molecule has 1 N–H and O–H groups in total. The molecule has 0 saturated carbocycles. The zero-order valence-corrected chi connectivity index (χ0v) is 15.1. The van der Waals surface area contributed by atoms with E-state index in [-0.39, 0.29) is 22.4 Å². The molecule has 3 aromatic rings. The van der Waals surface area contributed by atoms with Crippen LogP contribution in [0, 0.1) is 10.1 Å². The maximum absolute atomic E-state index is 13.0. The van der Waals surface area contributed by atoms with E-state index in [1.165, 1.54) is 6.07 Å². The van der Waals surface area contributed by atoms with Crippen LogP contribution in [0.4, 0.5) is 11.4 Å². The second-order valence-corrected chi connectivity index (χ2v) is 7.32. The molecule has 5 heteroatoms. The zero-order chi connectivity index (χ0) is 19.3. The molecule has 28 heavy (non-hydrogen) atoms. The van der Waals surface area contributed by atoms with Gasteiger partial charge in [0.1, 0.15) is 0 Å². The molecule has 1 aliphatic carbocycles. The summed E-state index contributed by atoms with van der Waals surface area (Å²) in [5.41, 5.74) is 4.60. The summed E-state index contributed by atoms with van der Waals surface area (Å²) in [6.07, 6.45) is 2.16. The highest BCUT2D eigenvalue weighted by atomic mass is 16.6. The first-order chi connectivity index (χ1) is 13.6. The Kier molecular flexibility index (Phi) is 3.76. The van der Waals surface area contributed by atoms with Crippen LogP contribution in [-0.4, -0.2) is 10.7 Å². The van der Waals surface area contributed by atoms with Crippen molar-refractivity contribution in [2.45, 2.75) is 25.3 Å². The fraction of sp³-hybridized carbons (Fsp3) is 0.174. The average molecular weight is 370 g/mol. The molecule has 0 radical (unpaired) electrons. The molecule has 1 aliphatic heterocycles. The number of ketones is 1. The average Bonchev–Trinajstić information content (AvgIpc) is 2.73. The fourth-order valence-electron chi connectivity index (χ4n) is 4.46. The lowest BCUT2D eigenvalue weighted by Gasteiger charge is -2.35. The van der Waals surface area contributed by atoms with Crippen molar-refractivity contribution in [2.24, 2.45) is 0 Å². The molecule has 0 aromatic heterocycles. The number of nitro benzene ring substituents is 1. The lowest BCUT2D eigenvalue weighted by Crippen LogP contribution is -2.25. The Bertz CT molecular complexity index is 1180. The van der Waals surface area contributed by atoms with Gasteiger partial charge >= 0.3 is 0 Å². The number of Topliss-reactive ketones (excluding diaryl/α,β-unsaturated/α-hetero) is 1. The zero-order valence-electron chi connectivity index (χ0n) is 15.1. The third-order valence-electron chi connectivity index (χ3n) is 5.69. The summed E-state index contributed by atoms with van der Waals surface area (Å²) in [6, 6.07) is 18.6. The predicted octanol–water partition coefficient (Wildman–Crippen LogP) is 5.42. The lowest BCUT2D eigenvalue weighted by molar-refractivity contribution is -0.384. The summed E-state index contributed by atoms with van der Waals surface area (Å²) in [4.78, 5) is 23.8. The van der Waals surface area contributed by atoms with Crippen molar-refractivity contribution in [2.75, 3.05) is 5.32 Å².